The Hall–Kier alpha value is -1.08. The predicted octanol–water partition coefficient (Wildman–Crippen LogP) is 3.66. The first-order chi connectivity index (χ1) is 8.33. The van der Waals surface area contributed by atoms with Crippen molar-refractivity contribution in [3.8, 4) is 0 Å². The Morgan fingerprint density at radius 3 is 2.47 bits per heavy atom. The molecule has 1 aromatic rings. The lowest BCUT2D eigenvalue weighted by Gasteiger charge is -2.37. The van der Waals surface area contributed by atoms with Crippen LogP contribution < -0.4 is 5.32 Å². The summed E-state index contributed by atoms with van der Waals surface area (Å²) in [7, 11) is 0. The molecule has 1 aromatic carbocycles. The van der Waals surface area contributed by atoms with E-state index in [9.17, 15) is 0 Å². The topological polar surface area (TPSA) is 12.0 Å². The molecule has 0 bridgehead atoms. The quantitative estimate of drug-likeness (QED) is 0.760. The monoisotopic (exact) mass is 229 g/mol. The molecule has 2 rings (SSSR count). The van der Waals surface area contributed by atoms with Gasteiger partial charge in [-0.05, 0) is 24.9 Å². The summed E-state index contributed by atoms with van der Waals surface area (Å²) >= 11 is 0. The highest BCUT2D eigenvalue weighted by Crippen LogP contribution is 2.44. The van der Waals surface area contributed by atoms with Crippen LogP contribution in [-0.2, 0) is 5.41 Å². The van der Waals surface area contributed by atoms with Gasteiger partial charge in [-0.25, -0.2) is 0 Å². The highest BCUT2D eigenvalue weighted by atomic mass is 14.9. The molecule has 0 aromatic heterocycles. The van der Waals surface area contributed by atoms with E-state index in [0.717, 1.165) is 6.54 Å². The van der Waals surface area contributed by atoms with Crippen LogP contribution in [0.15, 0.2) is 43.0 Å². The molecule has 1 aliphatic carbocycles. The minimum atomic E-state index is 0.277. The van der Waals surface area contributed by atoms with Gasteiger partial charge in [0.05, 0.1) is 0 Å². The Balaban J connectivity index is 2.35. The van der Waals surface area contributed by atoms with Crippen molar-refractivity contribution in [1.82, 2.24) is 5.32 Å². The van der Waals surface area contributed by atoms with Crippen LogP contribution in [0.2, 0.25) is 0 Å². The fourth-order valence-electron chi connectivity index (χ4n) is 3.28. The summed E-state index contributed by atoms with van der Waals surface area (Å²) in [5, 5.41) is 3.60. The molecule has 1 N–H and O–H groups in total. The molecular formula is C16H23N. The lowest BCUT2D eigenvalue weighted by Crippen LogP contribution is -2.45. The summed E-state index contributed by atoms with van der Waals surface area (Å²) in [4.78, 5) is 0. The summed E-state index contributed by atoms with van der Waals surface area (Å²) in [5.41, 5.74) is 1.75. The van der Waals surface area contributed by atoms with Crippen molar-refractivity contribution < 1.29 is 0 Å². The molecular weight excluding hydrogens is 206 g/mol. The van der Waals surface area contributed by atoms with Crippen molar-refractivity contribution in [2.45, 2.75) is 44.1 Å². The maximum atomic E-state index is 4.03. The van der Waals surface area contributed by atoms with Crippen LogP contribution in [-0.4, -0.2) is 12.6 Å². The molecule has 1 nitrogen and oxygen atoms in total. The standard InChI is InChI=1S/C16H23N/c1-3-15(17-4-2)16(12-8-9-13-16)14-10-6-5-7-11-14/h3,5-7,10-11,15,17H,1,4,8-9,12-13H2,2H3. The van der Waals surface area contributed by atoms with Crippen molar-refractivity contribution in [2.75, 3.05) is 6.54 Å². The average molecular weight is 229 g/mol. The van der Waals surface area contributed by atoms with Gasteiger partial charge in [0.1, 0.15) is 0 Å². The van der Waals surface area contributed by atoms with E-state index in [0.29, 0.717) is 6.04 Å². The smallest absolute Gasteiger partial charge is 0.0344 e. The van der Waals surface area contributed by atoms with Gasteiger partial charge < -0.3 is 5.32 Å². The van der Waals surface area contributed by atoms with E-state index in [1.54, 1.807) is 0 Å². The maximum absolute atomic E-state index is 4.03. The number of hydrogen-bond donors (Lipinski definition) is 1. The van der Waals surface area contributed by atoms with E-state index in [2.05, 4.69) is 55.2 Å². The van der Waals surface area contributed by atoms with Crippen molar-refractivity contribution in [3.05, 3.63) is 48.6 Å². The van der Waals surface area contributed by atoms with Gasteiger partial charge in [0.15, 0.2) is 0 Å². The second kappa shape index (κ2) is 5.50. The Morgan fingerprint density at radius 2 is 1.94 bits per heavy atom. The number of hydrogen-bond acceptors (Lipinski definition) is 1. The molecule has 0 radical (unpaired) electrons. The Bertz CT molecular complexity index is 349. The van der Waals surface area contributed by atoms with Crippen LogP contribution in [0.4, 0.5) is 0 Å². The van der Waals surface area contributed by atoms with E-state index in [1.165, 1.54) is 31.2 Å². The zero-order chi connectivity index (χ0) is 12.1. The molecule has 1 heteroatoms. The average Bonchev–Trinajstić information content (AvgIpc) is 2.87. The van der Waals surface area contributed by atoms with Crippen LogP contribution in [0, 0.1) is 0 Å². The number of nitrogens with one attached hydrogen (secondary N) is 1. The summed E-state index contributed by atoms with van der Waals surface area (Å²) in [6.07, 6.45) is 7.33. The second-order valence-electron chi connectivity index (χ2n) is 5.00. The lowest BCUT2D eigenvalue weighted by molar-refractivity contribution is 0.346. The Kier molecular flexibility index (Phi) is 4.01. The van der Waals surface area contributed by atoms with Gasteiger partial charge >= 0.3 is 0 Å². The Labute approximate surface area is 105 Å². The highest BCUT2D eigenvalue weighted by molar-refractivity contribution is 5.31. The van der Waals surface area contributed by atoms with Gasteiger partial charge in [-0.2, -0.15) is 0 Å². The lowest BCUT2D eigenvalue weighted by atomic mass is 9.72. The normalized spacial score (nSPS) is 20.1. The van der Waals surface area contributed by atoms with E-state index in [1.807, 2.05) is 0 Å². The summed E-state index contributed by atoms with van der Waals surface area (Å²) in [5.74, 6) is 0. The Morgan fingerprint density at radius 1 is 1.29 bits per heavy atom. The fourth-order valence-corrected chi connectivity index (χ4v) is 3.28. The zero-order valence-corrected chi connectivity index (χ0v) is 10.8. The summed E-state index contributed by atoms with van der Waals surface area (Å²) < 4.78 is 0. The number of likely N-dealkylation sites (N-methyl/N-ethyl adjacent to an activating group) is 1. The molecule has 1 atom stereocenters. The van der Waals surface area contributed by atoms with Crippen LogP contribution in [0.3, 0.4) is 0 Å². The molecule has 17 heavy (non-hydrogen) atoms. The molecule has 0 saturated heterocycles. The first kappa shape index (κ1) is 12.4. The van der Waals surface area contributed by atoms with Crippen molar-refractivity contribution in [1.29, 1.82) is 0 Å². The summed E-state index contributed by atoms with van der Waals surface area (Å²) in [6, 6.07) is 11.4. The van der Waals surface area contributed by atoms with E-state index >= 15 is 0 Å². The van der Waals surface area contributed by atoms with Crippen molar-refractivity contribution in [2.24, 2.45) is 0 Å². The maximum Gasteiger partial charge on any atom is 0.0344 e. The van der Waals surface area contributed by atoms with Gasteiger partial charge in [-0.1, -0.05) is 56.2 Å². The predicted molar refractivity (Wildman–Crippen MR) is 74.2 cm³/mol. The molecule has 0 amide bonds. The first-order valence-corrected chi connectivity index (χ1v) is 6.75. The third-order valence-electron chi connectivity index (χ3n) is 4.10. The third kappa shape index (κ3) is 2.30. The third-order valence-corrected chi connectivity index (χ3v) is 4.10. The summed E-state index contributed by atoms with van der Waals surface area (Å²) in [6.45, 7) is 7.21. The molecule has 1 saturated carbocycles. The van der Waals surface area contributed by atoms with Gasteiger partial charge in [-0.3, -0.25) is 0 Å². The highest BCUT2D eigenvalue weighted by Gasteiger charge is 2.40. The molecule has 1 fully saturated rings. The van der Waals surface area contributed by atoms with Crippen molar-refractivity contribution in [3.63, 3.8) is 0 Å². The first-order valence-electron chi connectivity index (χ1n) is 6.75. The second-order valence-corrected chi connectivity index (χ2v) is 5.00. The fraction of sp³-hybridized carbons (Fsp3) is 0.500. The van der Waals surface area contributed by atoms with Crippen LogP contribution in [0.25, 0.3) is 0 Å². The van der Waals surface area contributed by atoms with Crippen LogP contribution in [0.1, 0.15) is 38.2 Å². The minimum Gasteiger partial charge on any atom is -0.310 e. The van der Waals surface area contributed by atoms with Crippen LogP contribution >= 0.6 is 0 Å². The van der Waals surface area contributed by atoms with Crippen molar-refractivity contribution >= 4 is 0 Å². The number of rotatable bonds is 5. The SMILES string of the molecule is C=CC(NCC)C1(c2ccccc2)CCCC1. The largest absolute Gasteiger partial charge is 0.310 e. The van der Waals surface area contributed by atoms with Gasteiger partial charge in [0.2, 0.25) is 0 Å². The van der Waals surface area contributed by atoms with E-state index in [-0.39, 0.29) is 5.41 Å². The minimum absolute atomic E-state index is 0.277. The van der Waals surface area contributed by atoms with Gasteiger partial charge in [-0.15, -0.1) is 6.58 Å². The molecule has 1 unspecified atom stereocenters. The van der Waals surface area contributed by atoms with Gasteiger partial charge in [0, 0.05) is 11.5 Å². The van der Waals surface area contributed by atoms with Crippen LogP contribution in [0.5, 0.6) is 0 Å². The zero-order valence-electron chi connectivity index (χ0n) is 10.8. The van der Waals surface area contributed by atoms with E-state index in [4.69, 9.17) is 0 Å². The molecule has 0 heterocycles. The van der Waals surface area contributed by atoms with E-state index < -0.39 is 0 Å². The molecule has 1 aliphatic rings. The molecule has 0 aliphatic heterocycles. The molecule has 92 valence electrons. The number of benzene rings is 1. The van der Waals surface area contributed by atoms with Gasteiger partial charge in [0.25, 0.3) is 0 Å². The molecule has 0 spiro atoms.